The van der Waals surface area contributed by atoms with Crippen molar-refractivity contribution in [2.45, 2.75) is 13.0 Å². The average Bonchev–Trinajstić information content (AvgIpc) is 2.44. The second-order valence-corrected chi connectivity index (χ2v) is 3.43. The highest BCUT2D eigenvalue weighted by Crippen LogP contribution is 2.22. The second kappa shape index (κ2) is 2.57. The van der Waals surface area contributed by atoms with E-state index in [0.717, 1.165) is 25.2 Å². The summed E-state index contributed by atoms with van der Waals surface area (Å²) in [6, 6.07) is 2.12. The quantitative estimate of drug-likeness (QED) is 0.628. The van der Waals surface area contributed by atoms with Gasteiger partial charge in [-0.3, -0.25) is 0 Å². The van der Waals surface area contributed by atoms with Gasteiger partial charge < -0.3 is 10.3 Å². The average molecular weight is 173 g/mol. The maximum atomic E-state index is 4.30. The van der Waals surface area contributed by atoms with Crippen LogP contribution in [0.1, 0.15) is 11.1 Å². The fourth-order valence-corrected chi connectivity index (χ4v) is 1.99. The van der Waals surface area contributed by atoms with Crippen LogP contribution in [0.15, 0.2) is 18.5 Å². The fraction of sp³-hybridized carbons (Fsp3) is 0.300. The Morgan fingerprint density at radius 2 is 2.31 bits per heavy atom. The first-order valence-corrected chi connectivity index (χ1v) is 4.60. The molecular weight excluding hydrogens is 162 g/mol. The Morgan fingerprint density at radius 3 is 3.31 bits per heavy atom. The first-order valence-electron chi connectivity index (χ1n) is 4.60. The zero-order valence-corrected chi connectivity index (χ0v) is 7.30. The molecule has 3 nitrogen and oxygen atoms in total. The summed E-state index contributed by atoms with van der Waals surface area (Å²) < 4.78 is 0. The van der Waals surface area contributed by atoms with Crippen LogP contribution in [0.4, 0.5) is 0 Å². The lowest BCUT2D eigenvalue weighted by Crippen LogP contribution is -2.13. The van der Waals surface area contributed by atoms with Gasteiger partial charge in [-0.2, -0.15) is 0 Å². The predicted molar refractivity (Wildman–Crippen MR) is 51.5 cm³/mol. The van der Waals surface area contributed by atoms with Crippen LogP contribution in [0.2, 0.25) is 0 Å². The van der Waals surface area contributed by atoms with Gasteiger partial charge >= 0.3 is 0 Å². The molecule has 0 saturated heterocycles. The fourth-order valence-electron chi connectivity index (χ4n) is 1.99. The number of rotatable bonds is 0. The summed E-state index contributed by atoms with van der Waals surface area (Å²) in [5.74, 6) is 0. The highest BCUT2D eigenvalue weighted by molar-refractivity contribution is 5.83. The Labute approximate surface area is 76.2 Å². The van der Waals surface area contributed by atoms with E-state index >= 15 is 0 Å². The van der Waals surface area contributed by atoms with Crippen molar-refractivity contribution in [3.05, 3.63) is 29.6 Å². The van der Waals surface area contributed by atoms with Crippen LogP contribution in [-0.2, 0) is 13.0 Å². The van der Waals surface area contributed by atoms with E-state index < -0.39 is 0 Å². The number of pyridine rings is 1. The van der Waals surface area contributed by atoms with E-state index in [4.69, 9.17) is 0 Å². The van der Waals surface area contributed by atoms with Gasteiger partial charge in [-0.05, 0) is 30.2 Å². The van der Waals surface area contributed by atoms with Crippen molar-refractivity contribution in [1.82, 2.24) is 15.3 Å². The van der Waals surface area contributed by atoms with Gasteiger partial charge in [0, 0.05) is 24.3 Å². The summed E-state index contributed by atoms with van der Waals surface area (Å²) in [7, 11) is 0. The van der Waals surface area contributed by atoms with Crippen molar-refractivity contribution in [3.8, 4) is 0 Å². The molecule has 0 atom stereocenters. The highest BCUT2D eigenvalue weighted by atomic mass is 14.9. The van der Waals surface area contributed by atoms with Gasteiger partial charge in [0.15, 0.2) is 0 Å². The molecule has 1 aliphatic heterocycles. The SMILES string of the molecule is c1cc2c3c(c[nH]c3n1)CNCC2. The number of nitrogens with one attached hydrogen (secondary N) is 2. The van der Waals surface area contributed by atoms with Crippen molar-refractivity contribution in [3.63, 3.8) is 0 Å². The Morgan fingerprint density at radius 1 is 1.31 bits per heavy atom. The molecule has 2 aromatic rings. The summed E-state index contributed by atoms with van der Waals surface area (Å²) in [6.07, 6.45) is 5.03. The first kappa shape index (κ1) is 7.09. The number of H-pyrrole nitrogens is 1. The van der Waals surface area contributed by atoms with E-state index in [1.54, 1.807) is 0 Å². The molecule has 2 aromatic heterocycles. The Bertz CT molecular complexity index is 444. The largest absolute Gasteiger partial charge is 0.346 e. The minimum absolute atomic E-state index is 0.957. The van der Waals surface area contributed by atoms with E-state index in [2.05, 4.69) is 27.5 Å². The monoisotopic (exact) mass is 173 g/mol. The molecule has 0 unspecified atom stereocenters. The summed E-state index contributed by atoms with van der Waals surface area (Å²) in [5.41, 5.74) is 3.78. The maximum absolute atomic E-state index is 4.30. The van der Waals surface area contributed by atoms with Crippen LogP contribution in [-0.4, -0.2) is 16.5 Å². The molecule has 0 radical (unpaired) electrons. The van der Waals surface area contributed by atoms with Crippen molar-refractivity contribution in [2.24, 2.45) is 0 Å². The van der Waals surface area contributed by atoms with E-state index in [1.165, 1.54) is 16.5 Å². The molecule has 13 heavy (non-hydrogen) atoms. The van der Waals surface area contributed by atoms with Crippen molar-refractivity contribution < 1.29 is 0 Å². The van der Waals surface area contributed by atoms with E-state index in [9.17, 15) is 0 Å². The molecule has 3 heterocycles. The minimum atomic E-state index is 0.957. The third kappa shape index (κ3) is 0.971. The molecule has 3 rings (SSSR count). The second-order valence-electron chi connectivity index (χ2n) is 3.43. The molecule has 0 saturated carbocycles. The van der Waals surface area contributed by atoms with Crippen molar-refractivity contribution in [1.29, 1.82) is 0 Å². The normalized spacial score (nSPS) is 16.0. The van der Waals surface area contributed by atoms with Crippen LogP contribution in [0.3, 0.4) is 0 Å². The molecule has 0 aliphatic carbocycles. The summed E-state index contributed by atoms with van der Waals surface area (Å²) in [6.45, 7) is 2.02. The predicted octanol–water partition coefficient (Wildman–Crippen LogP) is 1.21. The Hall–Kier alpha value is -1.35. The molecule has 0 bridgehead atoms. The van der Waals surface area contributed by atoms with Crippen LogP contribution in [0, 0.1) is 0 Å². The molecule has 0 fully saturated rings. The van der Waals surface area contributed by atoms with Crippen LogP contribution >= 0.6 is 0 Å². The van der Waals surface area contributed by atoms with E-state index in [0.29, 0.717) is 0 Å². The molecule has 0 aromatic carbocycles. The van der Waals surface area contributed by atoms with Gasteiger partial charge in [0.05, 0.1) is 0 Å². The third-order valence-corrected chi connectivity index (χ3v) is 2.63. The molecule has 0 spiro atoms. The Balaban J connectivity index is 2.40. The van der Waals surface area contributed by atoms with Gasteiger partial charge in [-0.15, -0.1) is 0 Å². The van der Waals surface area contributed by atoms with Crippen LogP contribution in [0.25, 0.3) is 11.0 Å². The smallest absolute Gasteiger partial charge is 0.137 e. The van der Waals surface area contributed by atoms with Gasteiger partial charge in [0.25, 0.3) is 0 Å². The minimum Gasteiger partial charge on any atom is -0.346 e. The number of hydrogen-bond acceptors (Lipinski definition) is 2. The lowest BCUT2D eigenvalue weighted by Gasteiger charge is -1.98. The zero-order valence-electron chi connectivity index (χ0n) is 7.30. The van der Waals surface area contributed by atoms with Gasteiger partial charge in [0.2, 0.25) is 0 Å². The molecule has 2 N–H and O–H groups in total. The third-order valence-electron chi connectivity index (χ3n) is 2.63. The number of nitrogens with zero attached hydrogens (tertiary/aromatic N) is 1. The lowest BCUT2D eigenvalue weighted by molar-refractivity contribution is 0.701. The van der Waals surface area contributed by atoms with Crippen LogP contribution in [0.5, 0.6) is 0 Å². The molecule has 0 amide bonds. The molecule has 66 valence electrons. The topological polar surface area (TPSA) is 40.7 Å². The van der Waals surface area contributed by atoms with Crippen molar-refractivity contribution in [2.75, 3.05) is 6.54 Å². The van der Waals surface area contributed by atoms with Crippen molar-refractivity contribution >= 4 is 11.0 Å². The molecule has 1 aliphatic rings. The molecular formula is C10H11N3. The summed E-state index contributed by atoms with van der Waals surface area (Å²) in [5, 5.41) is 4.72. The number of hydrogen-bond donors (Lipinski definition) is 2. The van der Waals surface area contributed by atoms with Gasteiger partial charge in [-0.25, -0.2) is 4.98 Å². The number of aromatic nitrogens is 2. The van der Waals surface area contributed by atoms with E-state index in [1.807, 2.05) is 6.20 Å². The van der Waals surface area contributed by atoms with Crippen LogP contribution < -0.4 is 5.32 Å². The zero-order chi connectivity index (χ0) is 8.67. The Kier molecular flexibility index (Phi) is 1.40. The van der Waals surface area contributed by atoms with E-state index in [-0.39, 0.29) is 0 Å². The van der Waals surface area contributed by atoms with Gasteiger partial charge in [0.1, 0.15) is 5.65 Å². The standard InChI is InChI=1S/C10H11N3/c1-3-11-5-8-6-13-10-9(8)7(1)2-4-12-10/h2,4,6,11H,1,3,5H2,(H,12,13). The van der Waals surface area contributed by atoms with Gasteiger partial charge in [-0.1, -0.05) is 0 Å². The molecule has 3 heteroatoms. The maximum Gasteiger partial charge on any atom is 0.137 e. The lowest BCUT2D eigenvalue weighted by atomic mass is 10.1. The number of aromatic amines is 1. The highest BCUT2D eigenvalue weighted by Gasteiger charge is 2.11. The first-order chi connectivity index (χ1) is 6.45. The summed E-state index contributed by atoms with van der Waals surface area (Å²) in [4.78, 5) is 7.50. The summed E-state index contributed by atoms with van der Waals surface area (Å²) >= 11 is 0.